The predicted molar refractivity (Wildman–Crippen MR) is 61.5 cm³/mol. The summed E-state index contributed by atoms with van der Waals surface area (Å²) in [4.78, 5) is 0. The van der Waals surface area contributed by atoms with Crippen molar-refractivity contribution in [3.05, 3.63) is 0 Å². The van der Waals surface area contributed by atoms with Crippen molar-refractivity contribution in [2.45, 2.75) is 34.1 Å². The maximum absolute atomic E-state index is 5.33. The lowest BCUT2D eigenvalue weighted by molar-refractivity contribution is 0.0468. The summed E-state index contributed by atoms with van der Waals surface area (Å²) in [6.45, 7) is 11.8. The van der Waals surface area contributed by atoms with Gasteiger partial charge in [0.25, 0.3) is 0 Å². The lowest BCUT2D eigenvalue weighted by Gasteiger charge is -2.06. The average Bonchev–Trinajstić information content (AvgIpc) is 2.19. The van der Waals surface area contributed by atoms with Gasteiger partial charge in [0.15, 0.2) is 0 Å². The molecule has 0 saturated heterocycles. The Bertz CT molecular complexity index is 87.4. The maximum Gasteiger partial charge on any atom is 0.0701 e. The van der Waals surface area contributed by atoms with Gasteiger partial charge in [-0.2, -0.15) is 0 Å². The Balaban J connectivity index is 0. The van der Waals surface area contributed by atoms with Crippen LogP contribution in [0.3, 0.4) is 0 Å². The number of hydrogen-bond acceptors (Lipinski definition) is 3. The summed E-state index contributed by atoms with van der Waals surface area (Å²) in [5.74, 6) is 0.718. The van der Waals surface area contributed by atoms with Crippen LogP contribution in [-0.2, 0) is 9.47 Å². The molecule has 0 heterocycles. The summed E-state index contributed by atoms with van der Waals surface area (Å²) in [6.07, 6.45) is 1.12. The largest absolute Gasteiger partial charge is 0.379 e. The van der Waals surface area contributed by atoms with E-state index in [1.165, 1.54) is 0 Å². The Morgan fingerprint density at radius 1 is 0.929 bits per heavy atom. The van der Waals surface area contributed by atoms with Crippen molar-refractivity contribution in [3.8, 4) is 0 Å². The Labute approximate surface area is 89.0 Å². The topological polar surface area (TPSA) is 44.5 Å². The second kappa shape index (κ2) is 15.4. The minimum atomic E-state index is 0.589. The molecule has 0 aliphatic rings. The normalized spacial score (nSPS) is 9.86. The number of hydrogen-bond donors (Lipinski definition) is 1. The summed E-state index contributed by atoms with van der Waals surface area (Å²) in [7, 11) is 0. The summed E-state index contributed by atoms with van der Waals surface area (Å²) >= 11 is 0. The monoisotopic (exact) mass is 205 g/mol. The molecule has 0 aromatic rings. The van der Waals surface area contributed by atoms with Crippen LogP contribution < -0.4 is 5.73 Å². The second-order valence-electron chi connectivity index (χ2n) is 3.20. The highest BCUT2D eigenvalue weighted by Crippen LogP contribution is 1.98. The molecule has 0 spiro atoms. The standard InChI is InChI=1S/C9H21NO2.C2H6/c1-9(2)3-5-11-7-8-12-6-4-10;1-2/h9H,3-8,10H2,1-2H3;1-2H3. The van der Waals surface area contributed by atoms with Gasteiger partial charge in [-0.1, -0.05) is 27.7 Å². The minimum absolute atomic E-state index is 0.589. The van der Waals surface area contributed by atoms with Crippen LogP contribution in [0.1, 0.15) is 34.1 Å². The molecular formula is C11H27NO2. The number of rotatable bonds is 8. The summed E-state index contributed by atoms with van der Waals surface area (Å²) < 4.78 is 10.5. The molecule has 0 bridgehead atoms. The summed E-state index contributed by atoms with van der Waals surface area (Å²) in [6, 6.07) is 0. The van der Waals surface area contributed by atoms with Crippen molar-refractivity contribution in [1.29, 1.82) is 0 Å². The highest BCUT2D eigenvalue weighted by atomic mass is 16.5. The van der Waals surface area contributed by atoms with Crippen molar-refractivity contribution >= 4 is 0 Å². The Morgan fingerprint density at radius 2 is 1.43 bits per heavy atom. The molecule has 0 aliphatic heterocycles. The van der Waals surface area contributed by atoms with Gasteiger partial charge >= 0.3 is 0 Å². The van der Waals surface area contributed by atoms with Gasteiger partial charge in [-0.25, -0.2) is 0 Å². The van der Waals surface area contributed by atoms with Crippen LogP contribution >= 0.6 is 0 Å². The molecule has 0 aromatic carbocycles. The van der Waals surface area contributed by atoms with E-state index < -0.39 is 0 Å². The molecule has 0 unspecified atom stereocenters. The van der Waals surface area contributed by atoms with Gasteiger partial charge in [0.1, 0.15) is 0 Å². The molecule has 0 amide bonds. The Morgan fingerprint density at radius 3 is 1.86 bits per heavy atom. The first-order valence-electron chi connectivity index (χ1n) is 5.63. The lowest BCUT2D eigenvalue weighted by atomic mass is 10.1. The van der Waals surface area contributed by atoms with E-state index in [2.05, 4.69) is 13.8 Å². The molecule has 0 aliphatic carbocycles. The molecule has 3 nitrogen and oxygen atoms in total. The predicted octanol–water partition coefficient (Wildman–Crippen LogP) is 2.05. The molecule has 2 N–H and O–H groups in total. The van der Waals surface area contributed by atoms with E-state index in [0.717, 1.165) is 18.9 Å². The van der Waals surface area contributed by atoms with Crippen molar-refractivity contribution in [1.82, 2.24) is 0 Å². The summed E-state index contributed by atoms with van der Waals surface area (Å²) in [5.41, 5.74) is 5.24. The van der Waals surface area contributed by atoms with Crippen molar-refractivity contribution in [2.24, 2.45) is 11.7 Å². The van der Waals surface area contributed by atoms with E-state index in [0.29, 0.717) is 26.4 Å². The molecule has 14 heavy (non-hydrogen) atoms. The molecule has 0 rings (SSSR count). The van der Waals surface area contributed by atoms with Crippen LogP contribution in [0.2, 0.25) is 0 Å². The zero-order chi connectivity index (χ0) is 11.2. The molecule has 3 heteroatoms. The SMILES string of the molecule is CC.CC(C)CCOCCOCCN. The van der Waals surface area contributed by atoms with E-state index in [1.807, 2.05) is 13.8 Å². The molecule has 0 aromatic heterocycles. The molecule has 88 valence electrons. The van der Waals surface area contributed by atoms with E-state index in [-0.39, 0.29) is 0 Å². The van der Waals surface area contributed by atoms with Gasteiger partial charge in [-0.05, 0) is 12.3 Å². The van der Waals surface area contributed by atoms with Crippen molar-refractivity contribution < 1.29 is 9.47 Å². The first-order chi connectivity index (χ1) is 6.77. The Hall–Kier alpha value is -0.120. The Kier molecular flexibility index (Phi) is 17.9. The minimum Gasteiger partial charge on any atom is -0.379 e. The van der Waals surface area contributed by atoms with E-state index in [1.54, 1.807) is 0 Å². The van der Waals surface area contributed by atoms with Crippen molar-refractivity contribution in [3.63, 3.8) is 0 Å². The van der Waals surface area contributed by atoms with Gasteiger partial charge < -0.3 is 15.2 Å². The third kappa shape index (κ3) is 17.8. The lowest BCUT2D eigenvalue weighted by Crippen LogP contribution is -2.12. The smallest absolute Gasteiger partial charge is 0.0701 e. The van der Waals surface area contributed by atoms with E-state index in [4.69, 9.17) is 15.2 Å². The average molecular weight is 205 g/mol. The molecular weight excluding hydrogens is 178 g/mol. The fraction of sp³-hybridized carbons (Fsp3) is 1.00. The molecule has 0 fully saturated rings. The first-order valence-corrected chi connectivity index (χ1v) is 5.63. The fourth-order valence-corrected chi connectivity index (χ4v) is 0.724. The maximum atomic E-state index is 5.33. The molecule has 0 saturated carbocycles. The van der Waals surface area contributed by atoms with Gasteiger partial charge in [0.2, 0.25) is 0 Å². The first kappa shape index (κ1) is 16.3. The van der Waals surface area contributed by atoms with E-state index >= 15 is 0 Å². The van der Waals surface area contributed by atoms with Crippen LogP contribution in [0, 0.1) is 5.92 Å². The van der Waals surface area contributed by atoms with Gasteiger partial charge in [0, 0.05) is 13.2 Å². The third-order valence-corrected chi connectivity index (χ3v) is 1.47. The van der Waals surface area contributed by atoms with Gasteiger partial charge in [-0.3, -0.25) is 0 Å². The second-order valence-corrected chi connectivity index (χ2v) is 3.20. The van der Waals surface area contributed by atoms with Crippen molar-refractivity contribution in [2.75, 3.05) is 33.0 Å². The zero-order valence-corrected chi connectivity index (χ0v) is 10.2. The van der Waals surface area contributed by atoms with E-state index in [9.17, 15) is 0 Å². The molecule has 0 atom stereocenters. The number of nitrogens with two attached hydrogens (primary N) is 1. The van der Waals surface area contributed by atoms with Gasteiger partial charge in [-0.15, -0.1) is 0 Å². The zero-order valence-electron chi connectivity index (χ0n) is 10.2. The number of ether oxygens (including phenoxy) is 2. The quantitative estimate of drug-likeness (QED) is 0.617. The highest BCUT2D eigenvalue weighted by Gasteiger charge is 1.93. The van der Waals surface area contributed by atoms with Crippen LogP contribution in [-0.4, -0.2) is 33.0 Å². The fourth-order valence-electron chi connectivity index (χ4n) is 0.724. The summed E-state index contributed by atoms with van der Waals surface area (Å²) in [5, 5.41) is 0. The third-order valence-electron chi connectivity index (χ3n) is 1.47. The van der Waals surface area contributed by atoms with Crippen LogP contribution in [0.25, 0.3) is 0 Å². The highest BCUT2D eigenvalue weighted by molar-refractivity contribution is 4.42. The van der Waals surface area contributed by atoms with Crippen LogP contribution in [0.15, 0.2) is 0 Å². The van der Waals surface area contributed by atoms with Crippen LogP contribution in [0.5, 0.6) is 0 Å². The van der Waals surface area contributed by atoms with Crippen LogP contribution in [0.4, 0.5) is 0 Å². The van der Waals surface area contributed by atoms with Gasteiger partial charge in [0.05, 0.1) is 19.8 Å². The molecule has 0 radical (unpaired) electrons.